The maximum Gasteiger partial charge on any atom is 0.128 e. The Hall–Kier alpha value is -2.21. The standard InChI is InChI=1S/C29H41N3/c1-3-5-7-9-23-11-13-24(14-12-23)15-18-29-31-21-28(22-32-29)26-17-16-25(10-8-6-4-2)27(19-26)20-30/h16-17,19,21-24H,3-15,18H2,1-2H3. The summed E-state index contributed by atoms with van der Waals surface area (Å²) in [6, 6.07) is 8.59. The van der Waals surface area contributed by atoms with Crippen LogP contribution in [0.3, 0.4) is 0 Å². The van der Waals surface area contributed by atoms with E-state index < -0.39 is 0 Å². The van der Waals surface area contributed by atoms with Crippen LogP contribution in [0.25, 0.3) is 11.1 Å². The fourth-order valence-corrected chi connectivity index (χ4v) is 5.10. The molecule has 1 aromatic heterocycles. The highest BCUT2D eigenvalue weighted by Crippen LogP contribution is 2.34. The van der Waals surface area contributed by atoms with Gasteiger partial charge in [-0.05, 0) is 48.3 Å². The molecule has 32 heavy (non-hydrogen) atoms. The van der Waals surface area contributed by atoms with Crippen LogP contribution >= 0.6 is 0 Å². The molecule has 0 spiro atoms. The van der Waals surface area contributed by atoms with Gasteiger partial charge in [-0.15, -0.1) is 0 Å². The van der Waals surface area contributed by atoms with Crippen molar-refractivity contribution >= 4 is 0 Å². The predicted octanol–water partition coefficient (Wildman–Crippen LogP) is 8.07. The van der Waals surface area contributed by atoms with Gasteiger partial charge in [0.15, 0.2) is 0 Å². The Morgan fingerprint density at radius 1 is 0.812 bits per heavy atom. The van der Waals surface area contributed by atoms with E-state index in [4.69, 9.17) is 0 Å². The summed E-state index contributed by atoms with van der Waals surface area (Å²) in [5, 5.41) is 9.57. The molecule has 0 bridgehead atoms. The zero-order chi connectivity index (χ0) is 22.6. The van der Waals surface area contributed by atoms with E-state index in [1.165, 1.54) is 70.6 Å². The van der Waals surface area contributed by atoms with Gasteiger partial charge in [0.1, 0.15) is 5.82 Å². The first-order chi connectivity index (χ1) is 15.7. The summed E-state index contributed by atoms with van der Waals surface area (Å²) in [5.41, 5.74) is 3.97. The van der Waals surface area contributed by atoms with Crippen molar-refractivity contribution in [1.82, 2.24) is 9.97 Å². The number of nitrogens with zero attached hydrogens (tertiary/aromatic N) is 3. The number of aryl methyl sites for hydroxylation is 2. The Bertz CT molecular complexity index is 842. The summed E-state index contributed by atoms with van der Waals surface area (Å²) in [5.74, 6) is 2.78. The molecule has 1 aliphatic carbocycles. The smallest absolute Gasteiger partial charge is 0.128 e. The third kappa shape index (κ3) is 7.44. The monoisotopic (exact) mass is 431 g/mol. The van der Waals surface area contributed by atoms with E-state index in [-0.39, 0.29) is 0 Å². The van der Waals surface area contributed by atoms with Gasteiger partial charge >= 0.3 is 0 Å². The average molecular weight is 432 g/mol. The van der Waals surface area contributed by atoms with E-state index in [9.17, 15) is 5.26 Å². The molecule has 1 fully saturated rings. The van der Waals surface area contributed by atoms with Gasteiger partial charge in [-0.25, -0.2) is 9.97 Å². The summed E-state index contributed by atoms with van der Waals surface area (Å²) in [6.07, 6.45) is 21.8. The third-order valence-electron chi connectivity index (χ3n) is 7.28. The van der Waals surface area contributed by atoms with Crippen LogP contribution in [0.2, 0.25) is 0 Å². The maximum absolute atomic E-state index is 9.57. The van der Waals surface area contributed by atoms with Gasteiger partial charge in [0.05, 0.1) is 11.6 Å². The topological polar surface area (TPSA) is 49.6 Å². The van der Waals surface area contributed by atoms with Crippen LogP contribution in [0.5, 0.6) is 0 Å². The SMILES string of the molecule is CCCCCc1ccc(-c2cnc(CCC3CCC(CCCCC)CC3)nc2)cc1C#N. The Balaban J connectivity index is 1.48. The van der Waals surface area contributed by atoms with Crippen molar-refractivity contribution in [2.24, 2.45) is 11.8 Å². The van der Waals surface area contributed by atoms with E-state index in [2.05, 4.69) is 42.0 Å². The first-order valence-corrected chi connectivity index (χ1v) is 13.1. The Labute approximate surface area is 195 Å². The van der Waals surface area contributed by atoms with Crippen molar-refractivity contribution in [3.8, 4) is 17.2 Å². The molecular weight excluding hydrogens is 390 g/mol. The molecule has 1 aliphatic rings. The van der Waals surface area contributed by atoms with Crippen molar-refractivity contribution in [2.75, 3.05) is 0 Å². The van der Waals surface area contributed by atoms with E-state index >= 15 is 0 Å². The van der Waals surface area contributed by atoms with Gasteiger partial charge in [-0.2, -0.15) is 5.26 Å². The molecule has 3 nitrogen and oxygen atoms in total. The number of rotatable bonds is 12. The van der Waals surface area contributed by atoms with Crippen LogP contribution in [0, 0.1) is 23.2 Å². The maximum atomic E-state index is 9.57. The third-order valence-corrected chi connectivity index (χ3v) is 7.28. The molecule has 2 aromatic rings. The lowest BCUT2D eigenvalue weighted by molar-refractivity contribution is 0.248. The van der Waals surface area contributed by atoms with Crippen molar-refractivity contribution in [2.45, 2.75) is 104 Å². The lowest BCUT2D eigenvalue weighted by atomic mass is 9.78. The number of nitriles is 1. The second-order valence-electron chi connectivity index (χ2n) is 9.75. The molecule has 172 valence electrons. The minimum Gasteiger partial charge on any atom is -0.241 e. The van der Waals surface area contributed by atoms with Gasteiger partial charge < -0.3 is 0 Å². The molecule has 3 heteroatoms. The molecule has 0 unspecified atom stereocenters. The summed E-state index contributed by atoms with van der Waals surface area (Å²) < 4.78 is 0. The van der Waals surface area contributed by atoms with Gasteiger partial charge in [-0.1, -0.05) is 90.2 Å². The van der Waals surface area contributed by atoms with Gasteiger partial charge in [-0.3, -0.25) is 0 Å². The van der Waals surface area contributed by atoms with Crippen molar-refractivity contribution in [3.63, 3.8) is 0 Å². The fourth-order valence-electron chi connectivity index (χ4n) is 5.10. The summed E-state index contributed by atoms with van der Waals surface area (Å²) >= 11 is 0. The van der Waals surface area contributed by atoms with Crippen LogP contribution in [0.15, 0.2) is 30.6 Å². The van der Waals surface area contributed by atoms with E-state index in [0.29, 0.717) is 0 Å². The van der Waals surface area contributed by atoms with E-state index in [1.807, 2.05) is 18.5 Å². The lowest BCUT2D eigenvalue weighted by Crippen LogP contribution is -2.15. The van der Waals surface area contributed by atoms with Crippen LogP contribution in [-0.2, 0) is 12.8 Å². The molecule has 0 aliphatic heterocycles. The number of hydrogen-bond acceptors (Lipinski definition) is 3. The highest BCUT2D eigenvalue weighted by atomic mass is 14.9. The molecule has 0 amide bonds. The molecule has 1 heterocycles. The molecule has 0 saturated heterocycles. The molecule has 1 saturated carbocycles. The second kappa shape index (κ2) is 13.4. The van der Waals surface area contributed by atoms with Crippen molar-refractivity contribution in [1.29, 1.82) is 5.26 Å². The highest BCUT2D eigenvalue weighted by molar-refractivity contribution is 5.64. The highest BCUT2D eigenvalue weighted by Gasteiger charge is 2.21. The Morgan fingerprint density at radius 2 is 1.47 bits per heavy atom. The van der Waals surface area contributed by atoms with Gasteiger partial charge in [0, 0.05) is 24.4 Å². The van der Waals surface area contributed by atoms with E-state index in [1.54, 1.807) is 0 Å². The normalized spacial score (nSPS) is 18.4. The van der Waals surface area contributed by atoms with Crippen LogP contribution in [0.1, 0.15) is 108 Å². The molecule has 3 rings (SSSR count). The Morgan fingerprint density at radius 3 is 2.12 bits per heavy atom. The van der Waals surface area contributed by atoms with Crippen LogP contribution < -0.4 is 0 Å². The van der Waals surface area contributed by atoms with Crippen molar-refractivity contribution < 1.29 is 0 Å². The van der Waals surface area contributed by atoms with Crippen LogP contribution in [0.4, 0.5) is 0 Å². The number of benzene rings is 1. The predicted molar refractivity (Wildman–Crippen MR) is 133 cm³/mol. The second-order valence-corrected chi connectivity index (χ2v) is 9.75. The molecule has 0 atom stereocenters. The van der Waals surface area contributed by atoms with Crippen LogP contribution in [-0.4, -0.2) is 9.97 Å². The molecule has 1 aromatic carbocycles. The van der Waals surface area contributed by atoms with Gasteiger partial charge in [0.2, 0.25) is 0 Å². The first-order valence-electron chi connectivity index (χ1n) is 13.1. The number of hydrogen-bond donors (Lipinski definition) is 0. The van der Waals surface area contributed by atoms with Crippen molar-refractivity contribution in [3.05, 3.63) is 47.5 Å². The minimum absolute atomic E-state index is 0.785. The summed E-state index contributed by atoms with van der Waals surface area (Å²) in [6.45, 7) is 4.50. The first kappa shape index (κ1) is 24.4. The average Bonchev–Trinajstić information content (AvgIpc) is 2.84. The number of unbranched alkanes of at least 4 members (excludes halogenated alkanes) is 4. The fraction of sp³-hybridized carbons (Fsp3) is 0.621. The Kier molecular flexibility index (Phi) is 10.2. The lowest BCUT2D eigenvalue weighted by Gasteiger charge is -2.28. The number of aromatic nitrogens is 2. The molecular formula is C29H41N3. The summed E-state index contributed by atoms with van der Waals surface area (Å²) in [7, 11) is 0. The molecule has 0 N–H and O–H groups in total. The minimum atomic E-state index is 0.785. The quantitative estimate of drug-likeness (QED) is 0.319. The zero-order valence-corrected chi connectivity index (χ0v) is 20.3. The largest absolute Gasteiger partial charge is 0.241 e. The molecule has 0 radical (unpaired) electrons. The summed E-state index contributed by atoms with van der Waals surface area (Å²) in [4.78, 5) is 9.30. The van der Waals surface area contributed by atoms with E-state index in [0.717, 1.165) is 59.2 Å². The zero-order valence-electron chi connectivity index (χ0n) is 20.3. The van der Waals surface area contributed by atoms with Gasteiger partial charge in [0.25, 0.3) is 0 Å².